The lowest BCUT2D eigenvalue weighted by Crippen LogP contribution is -2.36. The minimum Gasteiger partial charge on any atom is -0.391 e. The number of hydrogen-bond donors (Lipinski definition) is 4. The number of likely N-dealkylation sites (tertiary alicyclic amines) is 4. The van der Waals surface area contributed by atoms with E-state index < -0.39 is 0 Å². The second kappa shape index (κ2) is 24.3. The number of hydrogen-bond acceptors (Lipinski definition) is 8. The first-order chi connectivity index (χ1) is 21.5. The zero-order valence-corrected chi connectivity index (χ0v) is 32.0. The van der Waals surface area contributed by atoms with Crippen LogP contribution in [-0.2, 0) is 0 Å². The average Bonchev–Trinajstić information content (AvgIpc) is 3.58. The predicted octanol–water partition coefficient (Wildman–Crippen LogP) is 7.86. The Labute approximate surface area is 325 Å². The van der Waals surface area contributed by atoms with E-state index in [2.05, 4.69) is 81.9 Å². The van der Waals surface area contributed by atoms with Gasteiger partial charge in [0.25, 0.3) is 0 Å². The topological polar surface area (TPSA) is 111 Å². The van der Waals surface area contributed by atoms with Crippen LogP contribution in [-0.4, -0.2) is 125 Å². The lowest BCUT2D eigenvalue weighted by Gasteiger charge is -2.31. The Hall–Kier alpha value is -0.290. The molecular weight excluding hydrogens is 654 g/mol. The molecule has 4 saturated heterocycles. The van der Waals surface area contributed by atoms with Crippen LogP contribution in [0.3, 0.4) is 0 Å². The summed E-state index contributed by atoms with van der Waals surface area (Å²) in [6, 6.07) is 3.08. The molecule has 9 heteroatoms. The summed E-state index contributed by atoms with van der Waals surface area (Å²) in [5.74, 6) is 2.35. The molecule has 4 heterocycles. The number of piperidine rings is 2. The fourth-order valence-corrected chi connectivity index (χ4v) is 7.83. The lowest BCUT2D eigenvalue weighted by molar-refractivity contribution is 0.206. The Morgan fingerprint density at radius 3 is 1.43 bits per heavy atom. The van der Waals surface area contributed by atoms with Gasteiger partial charge in [0.2, 0.25) is 0 Å². The maximum Gasteiger partial charge on any atom is 0.0787 e. The average molecular weight is 749 g/mol. The van der Waals surface area contributed by atoms with E-state index in [-0.39, 0.29) is 54.8 Å². The highest BCUT2D eigenvalue weighted by Crippen LogP contribution is 2.47. The number of halogens is 1. The van der Waals surface area contributed by atoms with Crippen molar-refractivity contribution in [3.8, 4) is 0 Å². The Morgan fingerprint density at radius 1 is 0.667 bits per heavy atom. The first-order valence-corrected chi connectivity index (χ1v) is 19.1. The molecule has 0 aromatic heterocycles. The van der Waals surface area contributed by atoms with E-state index in [0.29, 0.717) is 35.2 Å². The highest BCUT2D eigenvalue weighted by Gasteiger charge is 2.57. The van der Waals surface area contributed by atoms with Gasteiger partial charge in [-0.05, 0) is 138 Å². The molecule has 51 heavy (non-hydrogen) atoms. The highest BCUT2D eigenvalue weighted by molar-refractivity contribution is 6.30. The van der Waals surface area contributed by atoms with Crippen LogP contribution >= 0.6 is 11.6 Å². The fraction of sp³-hybridized carbons (Fsp3) is 0.952. The van der Waals surface area contributed by atoms with Crippen LogP contribution in [0, 0.1) is 17.8 Å². The highest BCUT2D eigenvalue weighted by atomic mass is 35.5. The summed E-state index contributed by atoms with van der Waals surface area (Å²) >= 11 is 5.88. The number of nitrogens with zero attached hydrogens (tertiary/aromatic N) is 4. The summed E-state index contributed by atoms with van der Waals surface area (Å²) in [6.45, 7) is 29.6. The molecule has 0 aromatic carbocycles. The molecule has 0 radical (unpaired) electrons. The molecular formula is C42H94ClN7O. The standard InChI is InChI=1S/C10H18ClNO.C10H20N2.C9H20N2.C8H16N2.5CH4/c1-8(2)12-5-3-9(4-6-12)10(11)7-13;1-8(2)12-6-3-9(7-12)10(11)4-5-10;1-7(2)11-5-4-9(6-11)8(3)10;1-6(2)10-4-7-3-8(7,9)5-10;;;;;/h8,13H,3-7H2,1-2H3;8-9H,3-7,11H2,1-2H3;7-9H,4-6,10H2,1-3H3;6-7H,3-5,9H2,1-2H3;5*1H4/t;9-;8-,9+;;;;;;/m.10....../s1. The summed E-state index contributed by atoms with van der Waals surface area (Å²) in [6.07, 6.45) is 8.45. The smallest absolute Gasteiger partial charge is 0.0787 e. The molecule has 4 aliphatic heterocycles. The molecule has 8 nitrogen and oxygen atoms in total. The Morgan fingerprint density at radius 2 is 1.12 bits per heavy atom. The third kappa shape index (κ3) is 16.5. The predicted molar refractivity (Wildman–Crippen MR) is 231 cm³/mol. The molecule has 2 aliphatic carbocycles. The first kappa shape index (κ1) is 55.1. The SMILES string of the molecule is C.C.C.C.C.CC(C)N1CC2CC2(N)C1.CC(C)N1CCC(=C(Cl)CO)CC1.CC(C)N1CC[C@@H](C2(N)CC2)C1.CC(C)N1CC[C@@H]([C@H](C)N)C1. The molecule has 0 amide bonds. The van der Waals surface area contributed by atoms with Gasteiger partial charge in [0.1, 0.15) is 0 Å². The van der Waals surface area contributed by atoms with E-state index in [1.807, 2.05) is 0 Å². The van der Waals surface area contributed by atoms with E-state index in [9.17, 15) is 0 Å². The van der Waals surface area contributed by atoms with Crippen LogP contribution < -0.4 is 17.2 Å². The monoisotopic (exact) mass is 748 g/mol. The van der Waals surface area contributed by atoms with Gasteiger partial charge in [0, 0.05) is 85.6 Å². The largest absolute Gasteiger partial charge is 0.391 e. The van der Waals surface area contributed by atoms with E-state index in [1.54, 1.807) is 0 Å². The van der Waals surface area contributed by atoms with Crippen molar-refractivity contribution in [3.63, 3.8) is 0 Å². The zero-order valence-electron chi connectivity index (χ0n) is 31.3. The van der Waals surface area contributed by atoms with Gasteiger partial charge in [-0.1, -0.05) is 54.3 Å². The minimum atomic E-state index is -0.00142. The second-order valence-corrected chi connectivity index (χ2v) is 17.2. The molecule has 0 bridgehead atoms. The summed E-state index contributed by atoms with van der Waals surface area (Å²) in [5.41, 5.74) is 19.8. The van der Waals surface area contributed by atoms with Gasteiger partial charge < -0.3 is 37.0 Å². The van der Waals surface area contributed by atoms with Crippen molar-refractivity contribution in [2.75, 3.05) is 59.0 Å². The molecule has 6 rings (SSSR count). The quantitative estimate of drug-likeness (QED) is 0.209. The van der Waals surface area contributed by atoms with Gasteiger partial charge >= 0.3 is 0 Å². The molecule has 6 fully saturated rings. The normalized spacial score (nSPS) is 28.6. The maximum atomic E-state index is 8.86. The molecule has 2 saturated carbocycles. The Balaban J connectivity index is -0.000000585. The van der Waals surface area contributed by atoms with Crippen LogP contribution in [0.25, 0.3) is 0 Å². The van der Waals surface area contributed by atoms with Crippen molar-refractivity contribution in [3.05, 3.63) is 10.6 Å². The summed E-state index contributed by atoms with van der Waals surface area (Å²) < 4.78 is 0. The number of nitrogens with two attached hydrogens (primary N) is 3. The molecule has 6 aliphatic rings. The van der Waals surface area contributed by atoms with Crippen LogP contribution in [0.4, 0.5) is 0 Å². The number of rotatable bonds is 7. The first-order valence-electron chi connectivity index (χ1n) is 18.8. The van der Waals surface area contributed by atoms with Crippen LogP contribution in [0.5, 0.6) is 0 Å². The number of aliphatic hydroxyl groups is 1. The third-order valence-electron chi connectivity index (χ3n) is 11.9. The van der Waals surface area contributed by atoms with E-state index in [0.717, 1.165) is 50.2 Å². The van der Waals surface area contributed by atoms with Gasteiger partial charge in [0.05, 0.1) is 6.61 Å². The van der Waals surface area contributed by atoms with Crippen molar-refractivity contribution in [2.24, 2.45) is 35.0 Å². The van der Waals surface area contributed by atoms with Crippen molar-refractivity contribution in [2.45, 2.75) is 186 Å². The number of aliphatic hydroxyl groups excluding tert-OH is 1. The molecule has 7 N–H and O–H groups in total. The van der Waals surface area contributed by atoms with Crippen molar-refractivity contribution >= 4 is 11.6 Å². The Bertz CT molecular complexity index is 929. The van der Waals surface area contributed by atoms with Gasteiger partial charge in [0.15, 0.2) is 0 Å². The lowest BCUT2D eigenvalue weighted by atomic mass is 9.97. The fourth-order valence-electron chi connectivity index (χ4n) is 7.64. The van der Waals surface area contributed by atoms with E-state index in [1.165, 1.54) is 70.4 Å². The van der Waals surface area contributed by atoms with Crippen LogP contribution in [0.15, 0.2) is 10.6 Å². The van der Waals surface area contributed by atoms with Gasteiger partial charge in [-0.25, -0.2) is 0 Å². The second-order valence-electron chi connectivity index (χ2n) is 16.8. The van der Waals surface area contributed by atoms with E-state index >= 15 is 0 Å². The van der Waals surface area contributed by atoms with Crippen molar-refractivity contribution in [1.29, 1.82) is 0 Å². The van der Waals surface area contributed by atoms with Crippen molar-refractivity contribution < 1.29 is 5.11 Å². The summed E-state index contributed by atoms with van der Waals surface area (Å²) in [5, 5.41) is 9.51. The van der Waals surface area contributed by atoms with Crippen molar-refractivity contribution in [1.82, 2.24) is 19.6 Å². The number of fused-ring (bicyclic) bond motifs is 1. The Kier molecular flexibility index (Phi) is 26.2. The van der Waals surface area contributed by atoms with Gasteiger partial charge in [-0.3, -0.25) is 4.90 Å². The maximum absolute atomic E-state index is 8.86. The molecule has 0 spiro atoms. The molecule has 310 valence electrons. The third-order valence-corrected chi connectivity index (χ3v) is 12.3. The molecule has 2 unspecified atom stereocenters. The summed E-state index contributed by atoms with van der Waals surface area (Å²) in [4.78, 5) is 9.98. The van der Waals surface area contributed by atoms with Gasteiger partial charge in [-0.2, -0.15) is 0 Å². The minimum absolute atomic E-state index is 0. The van der Waals surface area contributed by atoms with Crippen LogP contribution in [0.2, 0.25) is 0 Å². The molecule has 5 atom stereocenters. The zero-order chi connectivity index (χ0) is 34.4. The summed E-state index contributed by atoms with van der Waals surface area (Å²) in [7, 11) is 0. The van der Waals surface area contributed by atoms with Gasteiger partial charge in [-0.15, -0.1) is 0 Å². The van der Waals surface area contributed by atoms with Crippen LogP contribution in [0.1, 0.15) is 144 Å². The molecule has 0 aromatic rings. The van der Waals surface area contributed by atoms with E-state index in [4.69, 9.17) is 33.9 Å².